The van der Waals surface area contributed by atoms with E-state index in [0.29, 0.717) is 0 Å². The van der Waals surface area contributed by atoms with Crippen molar-refractivity contribution in [2.45, 2.75) is 38.6 Å². The summed E-state index contributed by atoms with van der Waals surface area (Å²) in [5, 5.41) is 12.4. The molecule has 2 rings (SSSR count). The highest BCUT2D eigenvalue weighted by atomic mass is 19.4. The molecule has 0 radical (unpaired) electrons. The van der Waals surface area contributed by atoms with Gasteiger partial charge < -0.3 is 15.2 Å². The second kappa shape index (κ2) is 6.23. The zero-order valence-electron chi connectivity index (χ0n) is 11.9. The maximum atomic E-state index is 12.1. The van der Waals surface area contributed by atoms with Crippen LogP contribution in [0.1, 0.15) is 37.8 Å². The molecule has 1 aliphatic carbocycles. The lowest BCUT2D eigenvalue weighted by atomic mass is 10.0. The van der Waals surface area contributed by atoms with Gasteiger partial charge in [-0.15, -0.1) is 13.2 Å². The van der Waals surface area contributed by atoms with Gasteiger partial charge in [-0.05, 0) is 49.3 Å². The van der Waals surface area contributed by atoms with Gasteiger partial charge in [0.2, 0.25) is 0 Å². The van der Waals surface area contributed by atoms with Crippen LogP contribution < -0.4 is 10.1 Å². The molecular formula is C15H20F3NO2. The molecule has 0 bridgehead atoms. The van der Waals surface area contributed by atoms with Crippen LogP contribution in [0.4, 0.5) is 13.2 Å². The second-order valence-corrected chi connectivity index (χ2v) is 5.69. The Kier molecular flexibility index (Phi) is 4.78. The molecule has 1 aromatic rings. The highest BCUT2D eigenvalue weighted by Gasteiger charge is 2.41. The van der Waals surface area contributed by atoms with Gasteiger partial charge >= 0.3 is 6.36 Å². The van der Waals surface area contributed by atoms with E-state index < -0.39 is 6.36 Å². The highest BCUT2D eigenvalue weighted by Crippen LogP contribution is 2.48. The molecule has 3 nitrogen and oxygen atoms in total. The van der Waals surface area contributed by atoms with Gasteiger partial charge in [0.25, 0.3) is 0 Å². The maximum absolute atomic E-state index is 12.1. The summed E-state index contributed by atoms with van der Waals surface area (Å²) in [5.41, 5.74) is 1.12. The van der Waals surface area contributed by atoms with Crippen molar-refractivity contribution in [3.63, 3.8) is 0 Å². The molecule has 1 atom stereocenters. The van der Waals surface area contributed by atoms with E-state index in [1.54, 1.807) is 12.1 Å². The molecule has 0 amide bonds. The molecule has 21 heavy (non-hydrogen) atoms. The van der Waals surface area contributed by atoms with Gasteiger partial charge in [-0.3, -0.25) is 0 Å². The zero-order chi connectivity index (χ0) is 15.5. The van der Waals surface area contributed by atoms with Gasteiger partial charge in [0, 0.05) is 19.2 Å². The van der Waals surface area contributed by atoms with Gasteiger partial charge in [-0.2, -0.15) is 0 Å². The minimum Gasteiger partial charge on any atom is -0.406 e. The first kappa shape index (κ1) is 16.1. The van der Waals surface area contributed by atoms with Gasteiger partial charge in [0.15, 0.2) is 0 Å². The molecule has 1 saturated carbocycles. The average Bonchev–Trinajstić information content (AvgIpc) is 3.16. The van der Waals surface area contributed by atoms with Crippen molar-refractivity contribution >= 4 is 0 Å². The first-order valence-corrected chi connectivity index (χ1v) is 7.04. The van der Waals surface area contributed by atoms with E-state index in [1.807, 2.05) is 6.92 Å². The quantitative estimate of drug-likeness (QED) is 0.811. The normalized spacial score (nSPS) is 18.3. The summed E-state index contributed by atoms with van der Waals surface area (Å²) in [6.07, 6.45) is -1.63. The molecule has 1 fully saturated rings. The van der Waals surface area contributed by atoms with Crippen LogP contribution in [0.25, 0.3) is 0 Å². The van der Waals surface area contributed by atoms with E-state index in [-0.39, 0.29) is 23.8 Å². The molecule has 1 unspecified atom stereocenters. The second-order valence-electron chi connectivity index (χ2n) is 5.69. The first-order chi connectivity index (χ1) is 9.84. The fourth-order valence-corrected chi connectivity index (χ4v) is 2.37. The third-order valence-corrected chi connectivity index (χ3v) is 4.00. The first-order valence-electron chi connectivity index (χ1n) is 7.04. The van der Waals surface area contributed by atoms with Crippen molar-refractivity contribution in [1.29, 1.82) is 0 Å². The molecule has 0 heterocycles. The van der Waals surface area contributed by atoms with Crippen LogP contribution in [0.3, 0.4) is 0 Å². The van der Waals surface area contributed by atoms with Crippen molar-refractivity contribution < 1.29 is 23.0 Å². The number of hydrogen-bond donors (Lipinski definition) is 2. The average molecular weight is 303 g/mol. The Hall–Kier alpha value is -1.27. The smallest absolute Gasteiger partial charge is 0.406 e. The predicted octanol–water partition coefficient (Wildman–Crippen LogP) is 3.40. The Balaban J connectivity index is 1.86. The van der Waals surface area contributed by atoms with Gasteiger partial charge in [0.05, 0.1) is 0 Å². The summed E-state index contributed by atoms with van der Waals surface area (Å²) < 4.78 is 40.1. The number of alkyl halides is 3. The Morgan fingerprint density at radius 3 is 2.38 bits per heavy atom. The fourth-order valence-electron chi connectivity index (χ4n) is 2.37. The van der Waals surface area contributed by atoms with E-state index >= 15 is 0 Å². The van der Waals surface area contributed by atoms with Gasteiger partial charge in [0.1, 0.15) is 5.75 Å². The van der Waals surface area contributed by atoms with E-state index in [4.69, 9.17) is 5.11 Å². The number of aliphatic hydroxyl groups is 1. The third kappa shape index (κ3) is 4.89. The van der Waals surface area contributed by atoms with Crippen LogP contribution in [0, 0.1) is 5.41 Å². The molecule has 2 N–H and O–H groups in total. The van der Waals surface area contributed by atoms with Crippen LogP contribution >= 0.6 is 0 Å². The third-order valence-electron chi connectivity index (χ3n) is 4.00. The Bertz CT molecular complexity index is 455. The number of hydrogen-bond acceptors (Lipinski definition) is 3. The summed E-state index contributed by atoms with van der Waals surface area (Å²) in [5.74, 6) is -0.211. The maximum Gasteiger partial charge on any atom is 0.573 e. The van der Waals surface area contributed by atoms with Crippen molar-refractivity contribution in [2.75, 3.05) is 13.2 Å². The monoisotopic (exact) mass is 303 g/mol. The Morgan fingerprint density at radius 1 is 1.29 bits per heavy atom. The minimum absolute atomic E-state index is 0.0427. The van der Waals surface area contributed by atoms with Crippen LogP contribution in [-0.2, 0) is 0 Å². The molecule has 1 aliphatic rings. The number of benzene rings is 1. The largest absolute Gasteiger partial charge is 0.573 e. The van der Waals surface area contributed by atoms with E-state index in [0.717, 1.165) is 31.4 Å². The highest BCUT2D eigenvalue weighted by molar-refractivity contribution is 5.29. The topological polar surface area (TPSA) is 41.5 Å². The van der Waals surface area contributed by atoms with Gasteiger partial charge in [-0.1, -0.05) is 12.1 Å². The zero-order valence-corrected chi connectivity index (χ0v) is 11.9. The molecule has 0 saturated heterocycles. The summed E-state index contributed by atoms with van der Waals surface area (Å²) >= 11 is 0. The number of halogens is 3. The lowest BCUT2D eigenvalue weighted by molar-refractivity contribution is -0.274. The lowest BCUT2D eigenvalue weighted by Crippen LogP contribution is -2.27. The lowest BCUT2D eigenvalue weighted by Gasteiger charge is -2.20. The van der Waals surface area contributed by atoms with Crippen LogP contribution in [0.2, 0.25) is 0 Å². The standard InChI is InChI=1S/C15H20F3NO2/c1-11(19-10-14(6-7-14)8-9-20)12-2-4-13(5-3-12)21-15(16,17)18/h2-5,11,19-20H,6-10H2,1H3. The number of rotatable bonds is 7. The summed E-state index contributed by atoms with van der Waals surface area (Å²) in [6.45, 7) is 2.98. The summed E-state index contributed by atoms with van der Waals surface area (Å²) in [7, 11) is 0. The molecule has 0 aromatic heterocycles. The SMILES string of the molecule is CC(NCC1(CCO)CC1)c1ccc(OC(F)(F)F)cc1. The van der Waals surface area contributed by atoms with Crippen molar-refractivity contribution in [2.24, 2.45) is 5.41 Å². The molecule has 0 spiro atoms. The molecule has 0 aliphatic heterocycles. The number of ether oxygens (including phenoxy) is 1. The summed E-state index contributed by atoms with van der Waals surface area (Å²) in [6, 6.07) is 5.94. The Labute approximate surface area is 122 Å². The van der Waals surface area contributed by atoms with E-state index in [9.17, 15) is 13.2 Å². The van der Waals surface area contributed by atoms with Crippen LogP contribution in [0.15, 0.2) is 24.3 Å². The molecule has 118 valence electrons. The van der Waals surface area contributed by atoms with Crippen LogP contribution in [-0.4, -0.2) is 24.6 Å². The van der Waals surface area contributed by atoms with Gasteiger partial charge in [-0.25, -0.2) is 0 Å². The van der Waals surface area contributed by atoms with E-state index in [2.05, 4.69) is 10.1 Å². The summed E-state index contributed by atoms with van der Waals surface area (Å²) in [4.78, 5) is 0. The minimum atomic E-state index is -4.66. The van der Waals surface area contributed by atoms with Crippen molar-refractivity contribution in [1.82, 2.24) is 5.32 Å². The predicted molar refractivity (Wildman–Crippen MR) is 72.9 cm³/mol. The van der Waals surface area contributed by atoms with E-state index in [1.165, 1.54) is 12.1 Å². The molecule has 6 heteroatoms. The number of aliphatic hydroxyl groups excluding tert-OH is 1. The number of nitrogens with one attached hydrogen (secondary N) is 1. The Morgan fingerprint density at radius 2 is 1.90 bits per heavy atom. The van der Waals surface area contributed by atoms with Crippen molar-refractivity contribution in [3.05, 3.63) is 29.8 Å². The molecule has 1 aromatic carbocycles. The fraction of sp³-hybridized carbons (Fsp3) is 0.600. The molecular weight excluding hydrogens is 283 g/mol. The van der Waals surface area contributed by atoms with Crippen LogP contribution in [0.5, 0.6) is 5.75 Å². The van der Waals surface area contributed by atoms with Crippen molar-refractivity contribution in [3.8, 4) is 5.75 Å².